The number of rotatable bonds is 4. The monoisotopic (exact) mass is 337 g/mol. The quantitative estimate of drug-likeness (QED) is 0.437. The lowest BCUT2D eigenvalue weighted by molar-refractivity contribution is -0.149. The van der Waals surface area contributed by atoms with Gasteiger partial charge in [0.05, 0.1) is 12.5 Å². The van der Waals surface area contributed by atoms with Gasteiger partial charge in [-0.15, -0.1) is 0 Å². The van der Waals surface area contributed by atoms with Crippen molar-refractivity contribution in [1.29, 1.82) is 0 Å². The van der Waals surface area contributed by atoms with E-state index in [0.717, 1.165) is 38.4 Å². The van der Waals surface area contributed by atoms with Gasteiger partial charge < -0.3 is 15.0 Å². The topological polar surface area (TPSA) is 60.4 Å². The van der Waals surface area contributed by atoms with Crippen LogP contribution in [0.4, 0.5) is 0 Å². The predicted octanol–water partition coefficient (Wildman–Crippen LogP) is -0.163. The Morgan fingerprint density at radius 3 is 2.62 bits per heavy atom. The molecule has 7 heteroatoms. The molecule has 4 aliphatic rings. The lowest BCUT2D eigenvalue weighted by Gasteiger charge is -2.47. The Bertz CT molecular complexity index is 462. The zero-order valence-electron chi connectivity index (χ0n) is 15.0. The molecule has 1 N–H and O–H groups in total. The maximum absolute atomic E-state index is 12.0. The zero-order chi connectivity index (χ0) is 16.9. The number of hydrogen-bond acceptors (Lipinski definition) is 5. The number of aliphatic imine (C=N–C) groups is 1. The number of nitrogens with one attached hydrogen (secondary N) is 1. The predicted molar refractivity (Wildman–Crippen MR) is 94.1 cm³/mol. The van der Waals surface area contributed by atoms with Crippen molar-refractivity contribution in [3.8, 4) is 0 Å². The average molecular weight is 337 g/mol. The van der Waals surface area contributed by atoms with E-state index in [1.165, 1.54) is 26.2 Å². The van der Waals surface area contributed by atoms with E-state index >= 15 is 0 Å². The molecule has 24 heavy (non-hydrogen) atoms. The number of piperazine rings is 3. The molecule has 4 rings (SSSR count). The molecule has 4 heterocycles. The van der Waals surface area contributed by atoms with Crippen molar-refractivity contribution in [3.05, 3.63) is 0 Å². The molecule has 0 spiro atoms. The fourth-order valence-corrected chi connectivity index (χ4v) is 4.08. The summed E-state index contributed by atoms with van der Waals surface area (Å²) in [5.41, 5.74) is 0. The van der Waals surface area contributed by atoms with E-state index in [4.69, 9.17) is 4.74 Å². The summed E-state index contributed by atoms with van der Waals surface area (Å²) in [4.78, 5) is 23.8. The number of nitrogens with zero attached hydrogens (tertiary/aromatic N) is 4. The highest BCUT2D eigenvalue weighted by Crippen LogP contribution is 2.19. The average Bonchev–Trinajstić information content (AvgIpc) is 2.64. The van der Waals surface area contributed by atoms with Crippen LogP contribution in [-0.4, -0.2) is 98.7 Å². The van der Waals surface area contributed by atoms with Crippen molar-refractivity contribution in [2.24, 2.45) is 10.9 Å². The molecule has 2 bridgehead atoms. The lowest BCUT2D eigenvalue weighted by atomic mass is 9.98. The summed E-state index contributed by atoms with van der Waals surface area (Å²) in [5, 5.41) is 3.54. The fraction of sp³-hybridized carbons (Fsp3) is 0.882. The van der Waals surface area contributed by atoms with Crippen molar-refractivity contribution >= 4 is 11.9 Å². The number of hydrogen-bond donors (Lipinski definition) is 1. The van der Waals surface area contributed by atoms with Crippen LogP contribution in [0.15, 0.2) is 4.99 Å². The number of esters is 1. The zero-order valence-corrected chi connectivity index (χ0v) is 15.0. The van der Waals surface area contributed by atoms with Gasteiger partial charge in [0.25, 0.3) is 0 Å². The third-order valence-corrected chi connectivity index (χ3v) is 5.44. The lowest BCUT2D eigenvalue weighted by Crippen LogP contribution is -2.64. The van der Waals surface area contributed by atoms with Gasteiger partial charge in [-0.3, -0.25) is 19.6 Å². The Balaban J connectivity index is 1.51. The smallest absolute Gasteiger partial charge is 0.310 e. The van der Waals surface area contributed by atoms with Crippen LogP contribution in [0.3, 0.4) is 0 Å². The van der Waals surface area contributed by atoms with Gasteiger partial charge in [-0.1, -0.05) is 0 Å². The number of carbonyl (C=O) groups excluding carboxylic acids is 1. The minimum atomic E-state index is -0.0684. The third-order valence-electron chi connectivity index (χ3n) is 5.44. The van der Waals surface area contributed by atoms with Crippen molar-refractivity contribution in [3.63, 3.8) is 0 Å². The van der Waals surface area contributed by atoms with Crippen molar-refractivity contribution in [2.45, 2.75) is 25.8 Å². The van der Waals surface area contributed by atoms with Gasteiger partial charge in [-0.2, -0.15) is 0 Å². The first-order chi connectivity index (χ1) is 11.7. The summed E-state index contributed by atoms with van der Waals surface area (Å²) in [7, 11) is 1.83. The maximum atomic E-state index is 12.0. The van der Waals surface area contributed by atoms with Crippen molar-refractivity contribution < 1.29 is 9.53 Å². The molecule has 4 saturated heterocycles. The van der Waals surface area contributed by atoms with E-state index in [0.29, 0.717) is 19.2 Å². The van der Waals surface area contributed by atoms with Crippen LogP contribution in [-0.2, 0) is 9.53 Å². The van der Waals surface area contributed by atoms with Gasteiger partial charge in [0.15, 0.2) is 5.96 Å². The Labute approximate surface area is 145 Å². The molecule has 0 aromatic rings. The standard InChI is InChI=1S/C17H31N5O2/c1-3-24-16(23)14-5-4-6-22(12-14)17(18-2)19-11-15-13-20-7-9-21(15)10-8-20/h14-15H,3-13H2,1-2H3,(H,18,19). The molecule has 0 radical (unpaired) electrons. The van der Waals surface area contributed by atoms with Crippen molar-refractivity contribution in [2.75, 3.05) is 66.0 Å². The first-order valence-corrected chi connectivity index (χ1v) is 9.30. The normalized spacial score (nSPS) is 33.4. The van der Waals surface area contributed by atoms with Crippen LogP contribution in [0, 0.1) is 5.92 Å². The molecule has 0 aromatic heterocycles. The highest BCUT2D eigenvalue weighted by atomic mass is 16.5. The van der Waals surface area contributed by atoms with Gasteiger partial charge >= 0.3 is 5.97 Å². The van der Waals surface area contributed by atoms with E-state index < -0.39 is 0 Å². The molecule has 2 atom stereocenters. The first-order valence-electron chi connectivity index (χ1n) is 9.30. The first kappa shape index (κ1) is 17.5. The molecule has 0 aliphatic carbocycles. The van der Waals surface area contributed by atoms with E-state index in [9.17, 15) is 4.79 Å². The molecule has 0 aromatic carbocycles. The number of piperidine rings is 1. The molecular formula is C17H31N5O2. The fourth-order valence-electron chi connectivity index (χ4n) is 4.08. The minimum absolute atomic E-state index is 0.0298. The number of fused-ring (bicyclic) bond motifs is 3. The molecule has 136 valence electrons. The number of carbonyl (C=O) groups is 1. The maximum Gasteiger partial charge on any atom is 0.310 e. The van der Waals surface area contributed by atoms with E-state index in [2.05, 4.69) is 25.0 Å². The van der Waals surface area contributed by atoms with Crippen LogP contribution in [0.2, 0.25) is 0 Å². The van der Waals surface area contributed by atoms with Crippen LogP contribution in [0.25, 0.3) is 0 Å². The van der Waals surface area contributed by atoms with Gasteiger partial charge in [-0.05, 0) is 19.8 Å². The Kier molecular flexibility index (Phi) is 5.94. The molecule has 2 unspecified atom stereocenters. The summed E-state index contributed by atoms with van der Waals surface area (Å²) < 4.78 is 5.19. The molecule has 0 saturated carbocycles. The van der Waals surface area contributed by atoms with Gasteiger partial charge in [-0.25, -0.2) is 0 Å². The Morgan fingerprint density at radius 2 is 2.00 bits per heavy atom. The second-order valence-electron chi connectivity index (χ2n) is 6.96. The van der Waals surface area contributed by atoms with E-state index in [1.807, 2.05) is 14.0 Å². The third kappa shape index (κ3) is 4.00. The SMILES string of the molecule is CCOC(=O)C1CCCN(C(=NC)NCC2CN3CCN2CC3)C1. The van der Waals surface area contributed by atoms with E-state index in [1.54, 1.807) is 0 Å². The highest BCUT2D eigenvalue weighted by molar-refractivity contribution is 5.81. The van der Waals surface area contributed by atoms with E-state index in [-0.39, 0.29) is 11.9 Å². The second kappa shape index (κ2) is 8.16. The molecular weight excluding hydrogens is 306 g/mol. The number of guanidine groups is 1. The van der Waals surface area contributed by atoms with Crippen molar-refractivity contribution in [1.82, 2.24) is 20.0 Å². The molecule has 4 aliphatic heterocycles. The second-order valence-corrected chi connectivity index (χ2v) is 6.96. The summed E-state index contributed by atoms with van der Waals surface area (Å²) in [6, 6.07) is 0.565. The van der Waals surface area contributed by atoms with Crippen LogP contribution in [0.5, 0.6) is 0 Å². The minimum Gasteiger partial charge on any atom is -0.466 e. The summed E-state index contributed by atoms with van der Waals surface area (Å²) in [6.45, 7) is 10.8. The number of ether oxygens (including phenoxy) is 1. The summed E-state index contributed by atoms with van der Waals surface area (Å²) >= 11 is 0. The Morgan fingerprint density at radius 1 is 1.21 bits per heavy atom. The van der Waals surface area contributed by atoms with Gasteiger partial charge in [0.1, 0.15) is 0 Å². The summed E-state index contributed by atoms with van der Waals surface area (Å²) in [6.07, 6.45) is 1.92. The van der Waals surface area contributed by atoms with Crippen LogP contribution < -0.4 is 5.32 Å². The molecule has 4 fully saturated rings. The largest absolute Gasteiger partial charge is 0.466 e. The molecule has 7 nitrogen and oxygen atoms in total. The van der Waals surface area contributed by atoms with Crippen LogP contribution in [0.1, 0.15) is 19.8 Å². The highest BCUT2D eigenvalue weighted by Gasteiger charge is 2.33. The van der Waals surface area contributed by atoms with Crippen LogP contribution >= 0.6 is 0 Å². The van der Waals surface area contributed by atoms with Gasteiger partial charge in [0.2, 0.25) is 0 Å². The van der Waals surface area contributed by atoms with Gasteiger partial charge in [0, 0.05) is 65.4 Å². The summed E-state index contributed by atoms with van der Waals surface area (Å²) in [5.74, 6) is 0.820. The Hall–Kier alpha value is -1.34. The number of likely N-dealkylation sites (tertiary alicyclic amines) is 1. The molecule has 0 amide bonds.